The first-order valence-corrected chi connectivity index (χ1v) is 14.0. The maximum atomic E-state index is 12.7. The van der Waals surface area contributed by atoms with Crippen LogP contribution in [0.15, 0.2) is 45.8 Å². The van der Waals surface area contributed by atoms with Crippen molar-refractivity contribution in [2.45, 2.75) is 49.8 Å². The molecule has 1 fully saturated rings. The number of likely N-dealkylation sites (N-methyl/N-ethyl adjacent to an activating group) is 1. The summed E-state index contributed by atoms with van der Waals surface area (Å²) in [5.41, 5.74) is 1.44. The van der Waals surface area contributed by atoms with Gasteiger partial charge in [0, 0.05) is 39.9 Å². The molecule has 192 valence electrons. The molecule has 0 bridgehead atoms. The minimum Gasteiger partial charge on any atom is -0.365 e. The lowest BCUT2D eigenvalue weighted by Gasteiger charge is -2.20. The maximum Gasteiger partial charge on any atom is 0.243 e. The number of anilines is 2. The van der Waals surface area contributed by atoms with Crippen LogP contribution < -0.4 is 10.2 Å². The first-order chi connectivity index (χ1) is 17.0. The largest absolute Gasteiger partial charge is 0.365 e. The third-order valence-electron chi connectivity index (χ3n) is 6.32. The van der Waals surface area contributed by atoms with Crippen molar-refractivity contribution in [3.05, 3.63) is 63.7 Å². The Morgan fingerprint density at radius 3 is 2.28 bits per heavy atom. The summed E-state index contributed by atoms with van der Waals surface area (Å²) >= 11 is 13.3. The molecule has 2 aromatic carbocycles. The Morgan fingerprint density at radius 2 is 1.78 bits per heavy atom. The van der Waals surface area contributed by atoms with E-state index < -0.39 is 15.3 Å². The number of carbonyl (C=O) groups excluding carboxylic acids is 1. The molecule has 1 saturated carbocycles. The summed E-state index contributed by atoms with van der Waals surface area (Å²) in [6.45, 7) is 5.61. The standard InChI is InChI=1S/C25H28Cl2N4O4S/c1-5-36(33,34)18-8-6-17(7-9-18)31(4)14-21(32)28-16-12-19(26)22(20(27)13-16)25(10-11-25)24-29-23(15(2)3)35-30-24/h6-9,12-13,15H,5,10-11,14H2,1-4H3,(H,28,32). The maximum absolute atomic E-state index is 12.7. The molecule has 0 radical (unpaired) electrons. The summed E-state index contributed by atoms with van der Waals surface area (Å²) < 4.78 is 29.4. The van der Waals surface area contributed by atoms with Crippen LogP contribution >= 0.6 is 23.2 Å². The highest BCUT2D eigenvalue weighted by atomic mass is 35.5. The number of hydrogen-bond acceptors (Lipinski definition) is 7. The predicted octanol–water partition coefficient (Wildman–Crippen LogP) is 5.45. The van der Waals surface area contributed by atoms with E-state index in [-0.39, 0.29) is 29.0 Å². The van der Waals surface area contributed by atoms with E-state index in [1.165, 1.54) is 0 Å². The summed E-state index contributed by atoms with van der Waals surface area (Å²) in [6, 6.07) is 9.79. The molecule has 1 amide bonds. The van der Waals surface area contributed by atoms with E-state index in [1.54, 1.807) is 55.3 Å². The highest BCUT2D eigenvalue weighted by molar-refractivity contribution is 7.91. The number of halogens is 2. The number of rotatable bonds is 9. The molecule has 8 nitrogen and oxygen atoms in total. The lowest BCUT2D eigenvalue weighted by Crippen LogP contribution is -2.30. The first-order valence-electron chi connectivity index (χ1n) is 11.6. The lowest BCUT2D eigenvalue weighted by atomic mass is 9.94. The molecular formula is C25H28Cl2N4O4S. The summed E-state index contributed by atoms with van der Waals surface area (Å²) in [7, 11) is -1.53. The first kappa shape index (κ1) is 26.4. The smallest absolute Gasteiger partial charge is 0.243 e. The van der Waals surface area contributed by atoms with E-state index in [1.807, 2.05) is 13.8 Å². The van der Waals surface area contributed by atoms with Crippen molar-refractivity contribution in [2.75, 3.05) is 29.6 Å². The van der Waals surface area contributed by atoms with Gasteiger partial charge >= 0.3 is 0 Å². The van der Waals surface area contributed by atoms with Gasteiger partial charge in [-0.05, 0) is 49.2 Å². The Bertz CT molecular complexity index is 1360. The van der Waals surface area contributed by atoms with Crippen molar-refractivity contribution in [3.63, 3.8) is 0 Å². The Hall–Kier alpha value is -2.62. The Morgan fingerprint density at radius 1 is 1.17 bits per heavy atom. The van der Waals surface area contributed by atoms with Gasteiger partial charge in [-0.3, -0.25) is 4.79 Å². The molecule has 1 heterocycles. The van der Waals surface area contributed by atoms with Gasteiger partial charge in [-0.25, -0.2) is 8.42 Å². The number of nitrogens with zero attached hydrogens (tertiary/aromatic N) is 3. The van der Waals surface area contributed by atoms with Crippen LogP contribution in [0, 0.1) is 0 Å². The zero-order valence-corrected chi connectivity index (χ0v) is 22.8. The van der Waals surface area contributed by atoms with Crippen molar-refractivity contribution < 1.29 is 17.7 Å². The molecule has 1 aliphatic rings. The minimum atomic E-state index is -3.28. The molecule has 0 unspecified atom stereocenters. The molecule has 0 spiro atoms. The minimum absolute atomic E-state index is 0.0315. The van der Waals surface area contributed by atoms with Crippen LogP contribution in [0.2, 0.25) is 10.0 Å². The van der Waals surface area contributed by atoms with Crippen molar-refractivity contribution in [3.8, 4) is 0 Å². The lowest BCUT2D eigenvalue weighted by molar-refractivity contribution is -0.114. The summed E-state index contributed by atoms with van der Waals surface area (Å²) in [6.07, 6.45) is 1.61. The highest BCUT2D eigenvalue weighted by Gasteiger charge is 2.52. The fourth-order valence-electron chi connectivity index (χ4n) is 4.06. The van der Waals surface area contributed by atoms with Crippen molar-refractivity contribution in [1.82, 2.24) is 10.1 Å². The van der Waals surface area contributed by atoms with Crippen LogP contribution in [0.3, 0.4) is 0 Å². The second-order valence-electron chi connectivity index (χ2n) is 9.31. The van der Waals surface area contributed by atoms with E-state index >= 15 is 0 Å². The quantitative estimate of drug-likeness (QED) is 0.377. The Balaban J connectivity index is 1.46. The molecule has 0 atom stereocenters. The molecule has 0 aliphatic heterocycles. The van der Waals surface area contributed by atoms with E-state index in [0.29, 0.717) is 33.1 Å². The third kappa shape index (κ3) is 5.23. The highest BCUT2D eigenvalue weighted by Crippen LogP contribution is 2.56. The Labute approximate surface area is 220 Å². The van der Waals surface area contributed by atoms with Gasteiger partial charge in [-0.1, -0.05) is 49.1 Å². The molecule has 3 aromatic rings. The number of nitrogens with one attached hydrogen (secondary N) is 1. The SMILES string of the molecule is CCS(=O)(=O)c1ccc(N(C)CC(=O)Nc2cc(Cl)c(C3(c4noc(C(C)C)n4)CC3)c(Cl)c2)cc1. The average molecular weight is 551 g/mol. The van der Waals surface area contributed by atoms with E-state index in [2.05, 4.69) is 15.5 Å². The number of aromatic nitrogens is 2. The Kier molecular flexibility index (Phi) is 7.37. The molecule has 0 saturated heterocycles. The van der Waals surface area contributed by atoms with Crippen LogP contribution in [0.5, 0.6) is 0 Å². The van der Waals surface area contributed by atoms with Crippen LogP contribution in [-0.4, -0.2) is 43.8 Å². The normalized spacial score (nSPS) is 14.6. The predicted molar refractivity (Wildman–Crippen MR) is 141 cm³/mol. The molecule has 4 rings (SSSR count). The van der Waals surface area contributed by atoms with Crippen LogP contribution in [-0.2, 0) is 20.0 Å². The molecule has 36 heavy (non-hydrogen) atoms. The topological polar surface area (TPSA) is 105 Å². The summed E-state index contributed by atoms with van der Waals surface area (Å²) in [5, 5.41) is 7.85. The van der Waals surface area contributed by atoms with Crippen LogP contribution in [0.1, 0.15) is 56.8 Å². The van der Waals surface area contributed by atoms with Crippen molar-refractivity contribution in [2.24, 2.45) is 0 Å². The van der Waals surface area contributed by atoms with Gasteiger partial charge in [-0.15, -0.1) is 0 Å². The van der Waals surface area contributed by atoms with Gasteiger partial charge < -0.3 is 14.7 Å². The number of amides is 1. The fraction of sp³-hybridized carbons (Fsp3) is 0.400. The van der Waals surface area contributed by atoms with E-state index in [4.69, 9.17) is 27.7 Å². The van der Waals surface area contributed by atoms with Crippen LogP contribution in [0.25, 0.3) is 0 Å². The zero-order valence-electron chi connectivity index (χ0n) is 20.5. The second kappa shape index (κ2) is 10.0. The van der Waals surface area contributed by atoms with E-state index in [9.17, 15) is 13.2 Å². The summed E-state index contributed by atoms with van der Waals surface area (Å²) in [4.78, 5) is 19.2. The number of hydrogen-bond donors (Lipinski definition) is 1. The zero-order chi connectivity index (χ0) is 26.3. The van der Waals surface area contributed by atoms with Gasteiger partial charge in [0.05, 0.1) is 22.6 Å². The second-order valence-corrected chi connectivity index (χ2v) is 12.4. The van der Waals surface area contributed by atoms with Gasteiger partial charge in [0.1, 0.15) is 0 Å². The number of carbonyl (C=O) groups is 1. The van der Waals surface area contributed by atoms with Crippen molar-refractivity contribution in [1.29, 1.82) is 0 Å². The number of sulfone groups is 1. The molecule has 1 aromatic heterocycles. The summed E-state index contributed by atoms with van der Waals surface area (Å²) in [5.74, 6) is 1.02. The van der Waals surface area contributed by atoms with Gasteiger partial charge in [0.25, 0.3) is 0 Å². The average Bonchev–Trinajstić information content (AvgIpc) is 3.44. The van der Waals surface area contributed by atoms with Gasteiger partial charge in [0.2, 0.25) is 11.8 Å². The molecule has 11 heteroatoms. The monoisotopic (exact) mass is 550 g/mol. The molecule has 1 N–H and O–H groups in total. The number of benzene rings is 2. The van der Waals surface area contributed by atoms with Crippen LogP contribution in [0.4, 0.5) is 11.4 Å². The fourth-order valence-corrected chi connectivity index (χ4v) is 5.79. The van der Waals surface area contributed by atoms with Gasteiger partial charge in [-0.2, -0.15) is 4.98 Å². The molecule has 1 aliphatic carbocycles. The third-order valence-corrected chi connectivity index (χ3v) is 8.66. The van der Waals surface area contributed by atoms with Gasteiger partial charge in [0.15, 0.2) is 15.7 Å². The van der Waals surface area contributed by atoms with E-state index in [0.717, 1.165) is 18.4 Å². The van der Waals surface area contributed by atoms with Crippen molar-refractivity contribution >= 4 is 50.3 Å². The molecular weight excluding hydrogens is 523 g/mol.